The number of aromatic nitrogens is 2. The van der Waals surface area contributed by atoms with Crippen LogP contribution in [0.5, 0.6) is 0 Å². The van der Waals surface area contributed by atoms with Crippen LogP contribution in [0.2, 0.25) is 0 Å². The normalized spacial score (nSPS) is 25.1. The van der Waals surface area contributed by atoms with E-state index in [1.54, 1.807) is 0 Å². The van der Waals surface area contributed by atoms with Gasteiger partial charge in [0.25, 0.3) is 0 Å². The summed E-state index contributed by atoms with van der Waals surface area (Å²) in [5.41, 5.74) is 2.51. The molecule has 1 aliphatic rings. The molecule has 1 saturated carbocycles. The van der Waals surface area contributed by atoms with E-state index >= 15 is 0 Å². The highest BCUT2D eigenvalue weighted by Crippen LogP contribution is 2.32. The van der Waals surface area contributed by atoms with Crippen molar-refractivity contribution in [3.8, 4) is 0 Å². The maximum absolute atomic E-state index is 4.59. The van der Waals surface area contributed by atoms with Gasteiger partial charge in [-0.1, -0.05) is 35.2 Å². The van der Waals surface area contributed by atoms with E-state index in [0.29, 0.717) is 4.83 Å². The fourth-order valence-corrected chi connectivity index (χ4v) is 4.22. The number of alkyl halides is 1. The van der Waals surface area contributed by atoms with Gasteiger partial charge in [-0.2, -0.15) is 5.10 Å². The van der Waals surface area contributed by atoms with Gasteiger partial charge in [0, 0.05) is 11.4 Å². The van der Waals surface area contributed by atoms with Crippen LogP contribution in [-0.2, 0) is 13.0 Å². The fourth-order valence-electron chi connectivity index (χ4n) is 2.92. The van der Waals surface area contributed by atoms with Crippen LogP contribution >= 0.6 is 31.9 Å². The number of aryl methyl sites for hydroxylation is 2. The molecule has 1 aliphatic carbocycles. The van der Waals surface area contributed by atoms with Crippen LogP contribution in [0.15, 0.2) is 4.47 Å². The first-order valence-corrected chi connectivity index (χ1v) is 8.68. The molecule has 1 aromatic rings. The standard InChI is InChI=1S/C14H22Br2N2/c1-3-18-13(14(16)10(2)17-18)9-11-6-4-5-7-12(15)8-11/h11-12H,3-9H2,1-2H3. The lowest BCUT2D eigenvalue weighted by Gasteiger charge is -2.17. The van der Waals surface area contributed by atoms with Gasteiger partial charge in [0.2, 0.25) is 0 Å². The Morgan fingerprint density at radius 2 is 2.06 bits per heavy atom. The van der Waals surface area contributed by atoms with Crippen LogP contribution in [0.4, 0.5) is 0 Å². The number of hydrogen-bond donors (Lipinski definition) is 0. The molecule has 0 aromatic carbocycles. The van der Waals surface area contributed by atoms with Gasteiger partial charge in [-0.05, 0) is 55.0 Å². The highest BCUT2D eigenvalue weighted by Gasteiger charge is 2.22. The summed E-state index contributed by atoms with van der Waals surface area (Å²) in [4.78, 5) is 0.711. The second-order valence-corrected chi connectivity index (χ2v) is 7.44. The van der Waals surface area contributed by atoms with Gasteiger partial charge in [-0.15, -0.1) is 0 Å². The lowest BCUT2D eigenvalue weighted by molar-refractivity contribution is 0.443. The van der Waals surface area contributed by atoms with E-state index in [4.69, 9.17) is 0 Å². The van der Waals surface area contributed by atoms with E-state index in [1.807, 2.05) is 0 Å². The quantitative estimate of drug-likeness (QED) is 0.543. The van der Waals surface area contributed by atoms with E-state index in [0.717, 1.165) is 24.6 Å². The van der Waals surface area contributed by atoms with Crippen molar-refractivity contribution in [2.45, 2.75) is 63.7 Å². The number of rotatable bonds is 3. The molecular formula is C14H22Br2N2. The lowest BCUT2D eigenvalue weighted by Crippen LogP contribution is -2.12. The predicted molar refractivity (Wildman–Crippen MR) is 83.3 cm³/mol. The molecular weight excluding hydrogens is 356 g/mol. The van der Waals surface area contributed by atoms with Crippen LogP contribution in [0, 0.1) is 12.8 Å². The molecule has 1 fully saturated rings. The molecule has 0 radical (unpaired) electrons. The molecule has 0 N–H and O–H groups in total. The van der Waals surface area contributed by atoms with Crippen molar-refractivity contribution in [2.75, 3.05) is 0 Å². The maximum Gasteiger partial charge on any atom is 0.0738 e. The number of hydrogen-bond acceptors (Lipinski definition) is 1. The summed E-state index contributed by atoms with van der Waals surface area (Å²) in [7, 11) is 0. The summed E-state index contributed by atoms with van der Waals surface area (Å²) in [6.07, 6.45) is 7.92. The molecule has 1 heterocycles. The first-order valence-electron chi connectivity index (χ1n) is 6.97. The largest absolute Gasteiger partial charge is 0.268 e. The zero-order valence-electron chi connectivity index (χ0n) is 11.3. The van der Waals surface area contributed by atoms with Crippen molar-refractivity contribution >= 4 is 31.9 Å². The van der Waals surface area contributed by atoms with E-state index in [-0.39, 0.29) is 0 Å². The van der Waals surface area contributed by atoms with E-state index in [1.165, 1.54) is 42.3 Å². The van der Waals surface area contributed by atoms with Gasteiger partial charge in [-0.3, -0.25) is 4.68 Å². The van der Waals surface area contributed by atoms with E-state index < -0.39 is 0 Å². The van der Waals surface area contributed by atoms with Crippen molar-refractivity contribution in [1.82, 2.24) is 9.78 Å². The molecule has 2 rings (SSSR count). The third-order valence-electron chi connectivity index (χ3n) is 3.90. The van der Waals surface area contributed by atoms with E-state index in [9.17, 15) is 0 Å². The topological polar surface area (TPSA) is 17.8 Å². The second kappa shape index (κ2) is 6.56. The molecule has 18 heavy (non-hydrogen) atoms. The van der Waals surface area contributed by atoms with Gasteiger partial charge in [0.05, 0.1) is 15.9 Å². The number of halogens is 2. The molecule has 2 atom stereocenters. The molecule has 4 heteroatoms. The minimum atomic E-state index is 0.711. The van der Waals surface area contributed by atoms with Crippen LogP contribution in [0.1, 0.15) is 50.4 Å². The molecule has 0 aliphatic heterocycles. The Bertz CT molecular complexity index is 401. The molecule has 0 bridgehead atoms. The molecule has 0 spiro atoms. The smallest absolute Gasteiger partial charge is 0.0738 e. The monoisotopic (exact) mass is 376 g/mol. The Hall–Kier alpha value is 0.170. The average molecular weight is 378 g/mol. The first kappa shape index (κ1) is 14.6. The van der Waals surface area contributed by atoms with Crippen LogP contribution in [0.3, 0.4) is 0 Å². The summed E-state index contributed by atoms with van der Waals surface area (Å²) in [5.74, 6) is 0.801. The van der Waals surface area contributed by atoms with Crippen LogP contribution in [0.25, 0.3) is 0 Å². The maximum atomic E-state index is 4.59. The van der Waals surface area contributed by atoms with Crippen molar-refractivity contribution < 1.29 is 0 Å². The third-order valence-corrected chi connectivity index (χ3v) is 5.77. The molecule has 1 aromatic heterocycles. The van der Waals surface area contributed by atoms with Crippen LogP contribution in [-0.4, -0.2) is 14.6 Å². The lowest BCUT2D eigenvalue weighted by atomic mass is 9.95. The van der Waals surface area contributed by atoms with Gasteiger partial charge >= 0.3 is 0 Å². The highest BCUT2D eigenvalue weighted by atomic mass is 79.9. The molecule has 2 unspecified atom stereocenters. The Morgan fingerprint density at radius 3 is 2.78 bits per heavy atom. The van der Waals surface area contributed by atoms with Crippen molar-refractivity contribution in [2.24, 2.45) is 5.92 Å². The van der Waals surface area contributed by atoms with Crippen molar-refractivity contribution in [3.63, 3.8) is 0 Å². The summed E-state index contributed by atoms with van der Waals surface area (Å²) in [5, 5.41) is 4.59. The molecule has 102 valence electrons. The molecule has 2 nitrogen and oxygen atoms in total. The third kappa shape index (κ3) is 3.38. The van der Waals surface area contributed by atoms with Gasteiger partial charge in [-0.25, -0.2) is 0 Å². The summed E-state index contributed by atoms with van der Waals surface area (Å²) >= 11 is 7.53. The molecule has 0 amide bonds. The minimum Gasteiger partial charge on any atom is -0.268 e. The number of nitrogens with zero attached hydrogens (tertiary/aromatic N) is 2. The summed E-state index contributed by atoms with van der Waals surface area (Å²) in [6.45, 7) is 5.22. The van der Waals surface area contributed by atoms with Gasteiger partial charge < -0.3 is 0 Å². The first-order chi connectivity index (χ1) is 8.61. The SMILES string of the molecule is CCn1nc(C)c(Br)c1CC1CCCCC(Br)C1. The fraction of sp³-hybridized carbons (Fsp3) is 0.786. The summed E-state index contributed by atoms with van der Waals surface area (Å²) in [6, 6.07) is 0. The Labute approximate surface area is 127 Å². The highest BCUT2D eigenvalue weighted by molar-refractivity contribution is 9.10. The zero-order valence-corrected chi connectivity index (χ0v) is 14.4. The van der Waals surface area contributed by atoms with Gasteiger partial charge in [0.1, 0.15) is 0 Å². The Morgan fingerprint density at radius 1 is 1.33 bits per heavy atom. The van der Waals surface area contributed by atoms with Gasteiger partial charge in [0.15, 0.2) is 0 Å². The second-order valence-electron chi connectivity index (χ2n) is 5.35. The zero-order chi connectivity index (χ0) is 13.1. The van der Waals surface area contributed by atoms with Crippen LogP contribution < -0.4 is 0 Å². The average Bonchev–Trinajstić information content (AvgIpc) is 2.53. The van der Waals surface area contributed by atoms with Crippen molar-refractivity contribution in [1.29, 1.82) is 0 Å². The Kier molecular flexibility index (Phi) is 5.31. The predicted octanol–water partition coefficient (Wildman–Crippen LogP) is 4.86. The van der Waals surface area contributed by atoms with Crippen molar-refractivity contribution in [3.05, 3.63) is 15.9 Å². The Balaban J connectivity index is 2.12. The summed E-state index contributed by atoms with van der Waals surface area (Å²) < 4.78 is 3.38. The molecule has 0 saturated heterocycles. The van der Waals surface area contributed by atoms with E-state index in [2.05, 4.69) is 55.5 Å². The minimum absolute atomic E-state index is 0.711.